The lowest BCUT2D eigenvalue weighted by Gasteiger charge is -2.03. The van der Waals surface area contributed by atoms with Gasteiger partial charge in [0.15, 0.2) is 0 Å². The van der Waals surface area contributed by atoms with Crippen molar-refractivity contribution >= 4 is 34.8 Å². The molecule has 0 spiro atoms. The Hall–Kier alpha value is -2.32. The number of aromatic nitrogens is 3. The van der Waals surface area contributed by atoms with Crippen molar-refractivity contribution in [2.75, 3.05) is 11.3 Å². The summed E-state index contributed by atoms with van der Waals surface area (Å²) in [7, 11) is 0. The Labute approximate surface area is 142 Å². The van der Waals surface area contributed by atoms with Gasteiger partial charge in [0.25, 0.3) is 5.95 Å². The summed E-state index contributed by atoms with van der Waals surface area (Å²) in [6.45, 7) is 1.93. The molecule has 3 N–H and O–H groups in total. The summed E-state index contributed by atoms with van der Waals surface area (Å²) in [4.78, 5) is 1.10. The van der Waals surface area contributed by atoms with Gasteiger partial charge in [0.05, 0.1) is 5.71 Å². The number of thioether (sulfide) groups is 1. The van der Waals surface area contributed by atoms with Crippen LogP contribution in [0.3, 0.4) is 0 Å². The third-order valence-corrected chi connectivity index (χ3v) is 5.07. The van der Waals surface area contributed by atoms with Crippen LogP contribution in [-0.4, -0.2) is 20.6 Å². The van der Waals surface area contributed by atoms with Crippen LogP contribution in [0, 0.1) is 0 Å². The highest BCUT2D eigenvalue weighted by Gasteiger charge is 2.10. The zero-order chi connectivity index (χ0) is 16.1. The molecule has 2 aromatic heterocycles. The van der Waals surface area contributed by atoms with Crippen LogP contribution in [-0.2, 0) is 5.75 Å². The summed E-state index contributed by atoms with van der Waals surface area (Å²) in [6, 6.07) is 14.2. The standard InChI is InChI=1S/C15H16N6S2/c1-11(13-8-5-9-22-13)17-18-14-19-20-15(21(14)16)23-10-12-6-3-2-4-7-12/h2-9H,10,16H2,1H3,(H,18,19)/b17-11+. The van der Waals surface area contributed by atoms with Crippen molar-refractivity contribution in [1.82, 2.24) is 14.9 Å². The molecule has 23 heavy (non-hydrogen) atoms. The second-order valence-corrected chi connectivity index (χ2v) is 6.63. The molecule has 0 aliphatic carbocycles. The van der Waals surface area contributed by atoms with E-state index in [-0.39, 0.29) is 0 Å². The Bertz CT molecular complexity index is 780. The van der Waals surface area contributed by atoms with Crippen LogP contribution in [0.4, 0.5) is 5.95 Å². The van der Waals surface area contributed by atoms with Gasteiger partial charge in [0, 0.05) is 10.6 Å². The average Bonchev–Trinajstić information content (AvgIpc) is 3.22. The highest BCUT2D eigenvalue weighted by atomic mass is 32.2. The Morgan fingerprint density at radius 3 is 2.83 bits per heavy atom. The van der Waals surface area contributed by atoms with Crippen LogP contribution >= 0.6 is 23.1 Å². The van der Waals surface area contributed by atoms with Gasteiger partial charge in [-0.3, -0.25) is 0 Å². The Kier molecular flexibility index (Phi) is 4.94. The summed E-state index contributed by atoms with van der Waals surface area (Å²) in [6.07, 6.45) is 0. The van der Waals surface area contributed by atoms with Crippen molar-refractivity contribution in [3.05, 3.63) is 58.3 Å². The second kappa shape index (κ2) is 7.30. The fraction of sp³-hybridized carbons (Fsp3) is 0.133. The first-order valence-electron chi connectivity index (χ1n) is 6.95. The minimum Gasteiger partial charge on any atom is -0.334 e. The number of hydrogen-bond donors (Lipinski definition) is 2. The summed E-state index contributed by atoms with van der Waals surface area (Å²) in [5, 5.41) is 15.1. The van der Waals surface area contributed by atoms with E-state index in [0.717, 1.165) is 16.3 Å². The van der Waals surface area contributed by atoms with Gasteiger partial charge in [-0.25, -0.2) is 10.1 Å². The fourth-order valence-corrected chi connectivity index (χ4v) is 3.34. The highest BCUT2D eigenvalue weighted by Crippen LogP contribution is 2.21. The van der Waals surface area contributed by atoms with Gasteiger partial charge in [-0.2, -0.15) is 5.10 Å². The zero-order valence-corrected chi connectivity index (χ0v) is 14.1. The molecule has 0 atom stereocenters. The number of hydrogen-bond acceptors (Lipinski definition) is 7. The van der Waals surface area contributed by atoms with Crippen LogP contribution in [0.2, 0.25) is 0 Å². The van der Waals surface area contributed by atoms with Gasteiger partial charge in [-0.1, -0.05) is 48.2 Å². The molecular weight excluding hydrogens is 328 g/mol. The number of benzene rings is 1. The summed E-state index contributed by atoms with van der Waals surface area (Å²) in [5.74, 6) is 7.21. The minimum atomic E-state index is 0.413. The normalized spacial score (nSPS) is 11.6. The lowest BCUT2D eigenvalue weighted by Crippen LogP contribution is -2.13. The van der Waals surface area contributed by atoms with E-state index < -0.39 is 0 Å². The molecule has 0 unspecified atom stereocenters. The molecule has 0 radical (unpaired) electrons. The Morgan fingerprint density at radius 1 is 1.26 bits per heavy atom. The fourth-order valence-electron chi connectivity index (χ4n) is 1.85. The molecule has 0 amide bonds. The minimum absolute atomic E-state index is 0.413. The van der Waals surface area contributed by atoms with E-state index in [2.05, 4.69) is 32.9 Å². The van der Waals surface area contributed by atoms with E-state index >= 15 is 0 Å². The molecule has 2 heterocycles. The molecule has 0 bridgehead atoms. The number of hydrazone groups is 1. The topological polar surface area (TPSA) is 81.1 Å². The molecule has 3 aromatic rings. The van der Waals surface area contributed by atoms with Gasteiger partial charge >= 0.3 is 0 Å². The number of rotatable bonds is 6. The monoisotopic (exact) mass is 344 g/mol. The van der Waals surface area contributed by atoms with E-state index in [0.29, 0.717) is 11.1 Å². The first-order chi connectivity index (χ1) is 11.2. The van der Waals surface area contributed by atoms with Gasteiger partial charge in [-0.05, 0) is 23.9 Å². The third kappa shape index (κ3) is 3.91. The smallest absolute Gasteiger partial charge is 0.264 e. The van der Waals surface area contributed by atoms with E-state index in [1.54, 1.807) is 11.3 Å². The zero-order valence-electron chi connectivity index (χ0n) is 12.5. The molecule has 0 aliphatic heterocycles. The van der Waals surface area contributed by atoms with Gasteiger partial charge in [0.1, 0.15) is 0 Å². The number of anilines is 1. The number of nitrogen functional groups attached to an aromatic ring is 1. The van der Waals surface area contributed by atoms with Crippen molar-refractivity contribution in [2.45, 2.75) is 17.8 Å². The van der Waals surface area contributed by atoms with Crippen molar-refractivity contribution in [2.24, 2.45) is 5.10 Å². The van der Waals surface area contributed by atoms with Crippen molar-refractivity contribution in [3.63, 3.8) is 0 Å². The molecule has 0 aliphatic rings. The number of thiophene rings is 1. The largest absolute Gasteiger partial charge is 0.334 e. The highest BCUT2D eigenvalue weighted by molar-refractivity contribution is 7.98. The Balaban J connectivity index is 1.64. The lowest BCUT2D eigenvalue weighted by molar-refractivity contribution is 0.846. The van der Waals surface area contributed by atoms with Crippen LogP contribution in [0.15, 0.2) is 58.1 Å². The average molecular weight is 344 g/mol. The molecule has 0 fully saturated rings. The van der Waals surface area contributed by atoms with Gasteiger partial charge in [0.2, 0.25) is 5.16 Å². The quantitative estimate of drug-likeness (QED) is 0.311. The molecule has 118 valence electrons. The third-order valence-electron chi connectivity index (χ3n) is 3.08. The molecule has 0 saturated heterocycles. The van der Waals surface area contributed by atoms with Crippen molar-refractivity contribution in [1.29, 1.82) is 0 Å². The van der Waals surface area contributed by atoms with Crippen LogP contribution in [0.25, 0.3) is 0 Å². The first kappa shape index (κ1) is 15.6. The maximum atomic E-state index is 6.01. The molecule has 1 aromatic carbocycles. The lowest BCUT2D eigenvalue weighted by atomic mass is 10.2. The number of nitrogens with zero attached hydrogens (tertiary/aromatic N) is 4. The second-order valence-electron chi connectivity index (χ2n) is 4.74. The predicted molar refractivity (Wildman–Crippen MR) is 96.3 cm³/mol. The molecular formula is C15H16N6S2. The molecule has 3 rings (SSSR count). The van der Waals surface area contributed by atoms with E-state index in [1.165, 1.54) is 22.0 Å². The Morgan fingerprint density at radius 2 is 2.09 bits per heavy atom. The van der Waals surface area contributed by atoms with E-state index in [1.807, 2.05) is 42.6 Å². The van der Waals surface area contributed by atoms with Crippen molar-refractivity contribution < 1.29 is 0 Å². The van der Waals surface area contributed by atoms with Crippen LogP contribution in [0.5, 0.6) is 0 Å². The number of nitrogens with two attached hydrogens (primary N) is 1. The van der Waals surface area contributed by atoms with Gasteiger partial charge in [-0.15, -0.1) is 21.5 Å². The van der Waals surface area contributed by atoms with Crippen LogP contribution < -0.4 is 11.3 Å². The number of nitrogens with one attached hydrogen (secondary N) is 1. The maximum absolute atomic E-state index is 6.01. The van der Waals surface area contributed by atoms with Crippen LogP contribution in [0.1, 0.15) is 17.4 Å². The maximum Gasteiger partial charge on any atom is 0.264 e. The molecule has 6 nitrogen and oxygen atoms in total. The van der Waals surface area contributed by atoms with Crippen molar-refractivity contribution in [3.8, 4) is 0 Å². The summed E-state index contributed by atoms with van der Waals surface area (Å²) in [5.41, 5.74) is 4.95. The predicted octanol–water partition coefficient (Wildman–Crippen LogP) is 3.18. The summed E-state index contributed by atoms with van der Waals surface area (Å²) >= 11 is 3.16. The van der Waals surface area contributed by atoms with E-state index in [4.69, 9.17) is 5.84 Å². The SMILES string of the molecule is C/C(=N\Nc1nnc(SCc2ccccc2)n1N)c1cccs1. The van der Waals surface area contributed by atoms with E-state index in [9.17, 15) is 0 Å². The first-order valence-corrected chi connectivity index (χ1v) is 8.82. The summed E-state index contributed by atoms with van der Waals surface area (Å²) < 4.78 is 1.42. The molecule has 0 saturated carbocycles. The van der Waals surface area contributed by atoms with Gasteiger partial charge < -0.3 is 5.84 Å². The molecule has 8 heteroatoms.